The summed E-state index contributed by atoms with van der Waals surface area (Å²) in [5, 5.41) is 8.42. The zero-order chi connectivity index (χ0) is 19.7. The molecule has 0 spiro atoms. The highest BCUT2D eigenvalue weighted by Gasteiger charge is 2.49. The predicted molar refractivity (Wildman–Crippen MR) is 103 cm³/mol. The van der Waals surface area contributed by atoms with Gasteiger partial charge in [0.1, 0.15) is 12.1 Å². The van der Waals surface area contributed by atoms with Gasteiger partial charge in [0.2, 0.25) is 0 Å². The average molecular weight is 376 g/mol. The number of carbonyl (C=O) groups excluding carboxylic acids is 3. The molecule has 142 valence electrons. The fourth-order valence-corrected chi connectivity index (χ4v) is 3.50. The molecule has 0 aliphatic carbocycles. The van der Waals surface area contributed by atoms with Crippen LogP contribution in [0.25, 0.3) is 0 Å². The quantitative estimate of drug-likeness (QED) is 0.830. The van der Waals surface area contributed by atoms with Crippen molar-refractivity contribution < 1.29 is 14.4 Å². The molecule has 2 aliphatic heterocycles. The molecule has 7 nitrogen and oxygen atoms in total. The molecule has 4 amide bonds. The van der Waals surface area contributed by atoms with E-state index in [0.29, 0.717) is 18.5 Å². The second kappa shape index (κ2) is 6.92. The van der Waals surface area contributed by atoms with Crippen LogP contribution < -0.4 is 5.32 Å². The van der Waals surface area contributed by atoms with Gasteiger partial charge in [0.15, 0.2) is 0 Å². The first-order valence-electron chi connectivity index (χ1n) is 9.12. The summed E-state index contributed by atoms with van der Waals surface area (Å²) in [6, 6.07) is 18.1. The Morgan fingerprint density at radius 3 is 2.39 bits per heavy atom. The molecule has 28 heavy (non-hydrogen) atoms. The smallest absolute Gasteiger partial charge is 0.319 e. The van der Waals surface area contributed by atoms with E-state index in [1.165, 1.54) is 5.01 Å². The molecule has 0 aromatic heterocycles. The molecule has 2 aliphatic rings. The number of hydrogen-bond acceptors (Lipinski definition) is 4. The zero-order valence-corrected chi connectivity index (χ0v) is 15.5. The summed E-state index contributed by atoms with van der Waals surface area (Å²) in [4.78, 5) is 38.9. The van der Waals surface area contributed by atoms with Crippen molar-refractivity contribution in [1.82, 2.24) is 15.2 Å². The van der Waals surface area contributed by atoms with Crippen molar-refractivity contribution in [3.05, 3.63) is 71.8 Å². The summed E-state index contributed by atoms with van der Waals surface area (Å²) < 4.78 is 0. The third kappa shape index (κ3) is 3.05. The normalized spacial score (nSPS) is 21.7. The molecule has 1 atom stereocenters. The minimum atomic E-state index is -1.18. The van der Waals surface area contributed by atoms with Gasteiger partial charge >= 0.3 is 6.03 Å². The van der Waals surface area contributed by atoms with Crippen LogP contribution in [0, 0.1) is 0 Å². The van der Waals surface area contributed by atoms with Gasteiger partial charge in [0.05, 0.1) is 12.3 Å². The van der Waals surface area contributed by atoms with Gasteiger partial charge < -0.3 is 5.32 Å². The highest BCUT2D eigenvalue weighted by molar-refractivity contribution is 6.09. The van der Waals surface area contributed by atoms with Crippen molar-refractivity contribution in [2.24, 2.45) is 5.10 Å². The number of imide groups is 1. The lowest BCUT2D eigenvalue weighted by atomic mass is 9.92. The van der Waals surface area contributed by atoms with Crippen molar-refractivity contribution in [1.29, 1.82) is 0 Å². The second-order valence-corrected chi connectivity index (χ2v) is 6.99. The van der Waals surface area contributed by atoms with Gasteiger partial charge in [-0.25, -0.2) is 9.80 Å². The number of hydrogen-bond donors (Lipinski definition) is 1. The summed E-state index contributed by atoms with van der Waals surface area (Å²) in [5.74, 6) is -0.824. The maximum Gasteiger partial charge on any atom is 0.325 e. The number of urea groups is 1. The largest absolute Gasteiger partial charge is 0.325 e. The maximum atomic E-state index is 12.9. The highest BCUT2D eigenvalue weighted by Crippen LogP contribution is 2.28. The van der Waals surface area contributed by atoms with E-state index >= 15 is 0 Å². The Kier molecular flexibility index (Phi) is 4.43. The molecule has 0 unspecified atom stereocenters. The number of nitrogens with zero attached hydrogens (tertiary/aromatic N) is 3. The minimum Gasteiger partial charge on any atom is -0.319 e. The summed E-state index contributed by atoms with van der Waals surface area (Å²) in [6.07, 6.45) is 0.637. The summed E-state index contributed by atoms with van der Waals surface area (Å²) >= 11 is 0. The van der Waals surface area contributed by atoms with Gasteiger partial charge in [0.25, 0.3) is 11.8 Å². The SMILES string of the molecule is C[C@]1(c2ccccc2)NC(=O)N(CC(=O)N2CCC(c3ccccc3)=N2)C1=O. The topological polar surface area (TPSA) is 82.1 Å². The van der Waals surface area contributed by atoms with E-state index in [9.17, 15) is 14.4 Å². The maximum absolute atomic E-state index is 12.9. The molecule has 7 heteroatoms. The van der Waals surface area contributed by atoms with Crippen LogP contribution in [-0.2, 0) is 15.1 Å². The van der Waals surface area contributed by atoms with Crippen LogP contribution in [0.5, 0.6) is 0 Å². The number of benzene rings is 2. The number of rotatable bonds is 4. The van der Waals surface area contributed by atoms with Gasteiger partial charge in [-0.2, -0.15) is 5.10 Å². The van der Waals surface area contributed by atoms with Crippen LogP contribution in [0.4, 0.5) is 4.79 Å². The first-order valence-corrected chi connectivity index (χ1v) is 9.12. The zero-order valence-electron chi connectivity index (χ0n) is 15.5. The van der Waals surface area contributed by atoms with Crippen LogP contribution in [0.2, 0.25) is 0 Å². The Balaban J connectivity index is 1.49. The molecule has 0 radical (unpaired) electrons. The van der Waals surface area contributed by atoms with Crippen molar-refractivity contribution in [3.8, 4) is 0 Å². The van der Waals surface area contributed by atoms with E-state index < -0.39 is 17.5 Å². The van der Waals surface area contributed by atoms with E-state index in [2.05, 4.69) is 10.4 Å². The molecule has 2 heterocycles. The first-order chi connectivity index (χ1) is 13.5. The number of hydrazone groups is 1. The fourth-order valence-electron chi connectivity index (χ4n) is 3.50. The second-order valence-electron chi connectivity index (χ2n) is 6.99. The molecule has 2 aromatic rings. The summed E-state index contributed by atoms with van der Waals surface area (Å²) in [6.45, 7) is 1.75. The Morgan fingerprint density at radius 1 is 1.07 bits per heavy atom. The fraction of sp³-hybridized carbons (Fsp3) is 0.238. The van der Waals surface area contributed by atoms with Crippen molar-refractivity contribution in [2.45, 2.75) is 18.9 Å². The monoisotopic (exact) mass is 376 g/mol. The molecule has 1 saturated heterocycles. The van der Waals surface area contributed by atoms with E-state index in [1.54, 1.807) is 31.2 Å². The Hall–Kier alpha value is -3.48. The van der Waals surface area contributed by atoms with Crippen molar-refractivity contribution in [3.63, 3.8) is 0 Å². The van der Waals surface area contributed by atoms with Gasteiger partial charge in [-0.15, -0.1) is 0 Å². The number of amides is 4. The molecule has 1 N–H and O–H groups in total. The number of carbonyl (C=O) groups is 3. The van der Waals surface area contributed by atoms with Crippen LogP contribution in [0.15, 0.2) is 65.8 Å². The van der Waals surface area contributed by atoms with Crippen LogP contribution in [0.1, 0.15) is 24.5 Å². The molecule has 0 saturated carbocycles. The molecular weight excluding hydrogens is 356 g/mol. The van der Waals surface area contributed by atoms with Crippen LogP contribution >= 0.6 is 0 Å². The average Bonchev–Trinajstić information content (AvgIpc) is 3.30. The lowest BCUT2D eigenvalue weighted by Crippen LogP contribution is -2.43. The Labute approximate surface area is 162 Å². The van der Waals surface area contributed by atoms with E-state index in [4.69, 9.17) is 0 Å². The van der Waals surface area contributed by atoms with Crippen LogP contribution in [-0.4, -0.2) is 46.6 Å². The molecule has 1 fully saturated rings. The molecule has 2 aromatic carbocycles. The minimum absolute atomic E-state index is 0.335. The molecule has 4 rings (SSSR count). The van der Waals surface area contributed by atoms with Crippen molar-refractivity contribution >= 4 is 23.6 Å². The van der Waals surface area contributed by atoms with E-state index in [-0.39, 0.29) is 12.5 Å². The standard InChI is InChI=1S/C21H20N4O3/c1-21(16-10-6-3-7-11-16)19(27)24(20(28)22-21)14-18(26)25-13-12-17(23-25)15-8-4-2-5-9-15/h2-11H,12-14H2,1H3,(H,22,28)/t21-/m1/s1. The lowest BCUT2D eigenvalue weighted by molar-refractivity contribution is -0.138. The first kappa shape index (κ1) is 17.9. The summed E-state index contributed by atoms with van der Waals surface area (Å²) in [7, 11) is 0. The third-order valence-electron chi connectivity index (χ3n) is 5.12. The number of nitrogens with one attached hydrogen (secondary N) is 1. The van der Waals surface area contributed by atoms with Crippen molar-refractivity contribution in [2.75, 3.05) is 13.1 Å². The Morgan fingerprint density at radius 2 is 1.71 bits per heavy atom. The highest BCUT2D eigenvalue weighted by atomic mass is 16.2. The van der Waals surface area contributed by atoms with E-state index in [1.807, 2.05) is 36.4 Å². The van der Waals surface area contributed by atoms with Gasteiger partial charge in [-0.1, -0.05) is 60.7 Å². The predicted octanol–water partition coefficient (Wildman–Crippen LogP) is 2.09. The Bertz CT molecular complexity index is 958. The molecule has 0 bridgehead atoms. The van der Waals surface area contributed by atoms with Gasteiger partial charge in [-0.05, 0) is 18.1 Å². The lowest BCUT2D eigenvalue weighted by Gasteiger charge is -2.22. The van der Waals surface area contributed by atoms with Crippen LogP contribution in [0.3, 0.4) is 0 Å². The molecular formula is C21H20N4O3. The van der Waals surface area contributed by atoms with E-state index in [0.717, 1.165) is 16.2 Å². The van der Waals surface area contributed by atoms with Gasteiger partial charge in [0, 0.05) is 6.42 Å². The summed E-state index contributed by atoms with van der Waals surface area (Å²) in [5.41, 5.74) is 1.28. The third-order valence-corrected chi connectivity index (χ3v) is 5.12. The van der Waals surface area contributed by atoms with Gasteiger partial charge in [-0.3, -0.25) is 14.5 Å².